The lowest BCUT2D eigenvalue weighted by Gasteiger charge is -2.12. The summed E-state index contributed by atoms with van der Waals surface area (Å²) in [6.07, 6.45) is 10.6. The molecule has 1 aromatic heterocycles. The highest BCUT2D eigenvalue weighted by atomic mass is 32.1. The van der Waals surface area contributed by atoms with E-state index in [2.05, 4.69) is 54.3 Å². The van der Waals surface area contributed by atoms with Gasteiger partial charge in [-0.1, -0.05) is 18.2 Å². The average Bonchev–Trinajstić information content (AvgIpc) is 3.02. The summed E-state index contributed by atoms with van der Waals surface area (Å²) < 4.78 is 12.6. The third-order valence-electron chi connectivity index (χ3n) is 4.83. The maximum atomic E-state index is 12.8. The predicted molar refractivity (Wildman–Crippen MR) is 139 cm³/mol. The van der Waals surface area contributed by atoms with Crippen molar-refractivity contribution in [2.75, 3.05) is 34.9 Å². The van der Waals surface area contributed by atoms with Gasteiger partial charge >= 0.3 is 0 Å². The van der Waals surface area contributed by atoms with Crippen LogP contribution in [0.3, 0.4) is 0 Å². The number of hydrogen-bond acceptors (Lipinski definition) is 6. The SMILES string of the molecule is C=C.COc1ccc(C(=O)NC2=CC=CC=C(CN=c3sc(CN(C)C)cn3C)C2)cc1OC. The van der Waals surface area contributed by atoms with Crippen molar-refractivity contribution in [1.82, 2.24) is 14.8 Å². The van der Waals surface area contributed by atoms with E-state index in [4.69, 9.17) is 14.5 Å². The first kappa shape index (κ1) is 26.9. The molecular weight excluding hydrogens is 448 g/mol. The van der Waals surface area contributed by atoms with E-state index in [1.165, 1.54) is 4.88 Å². The monoisotopic (exact) mass is 482 g/mol. The average molecular weight is 483 g/mol. The van der Waals surface area contributed by atoms with Gasteiger partial charge < -0.3 is 24.3 Å². The number of allylic oxidation sites excluding steroid dienone is 5. The first-order valence-corrected chi connectivity index (χ1v) is 11.6. The zero-order valence-electron chi connectivity index (χ0n) is 20.6. The quantitative estimate of drug-likeness (QED) is 0.576. The molecule has 1 aliphatic rings. The Morgan fingerprint density at radius 2 is 1.88 bits per heavy atom. The van der Waals surface area contributed by atoms with E-state index in [1.807, 2.05) is 25.3 Å². The lowest BCUT2D eigenvalue weighted by molar-refractivity contribution is 0.0964. The molecule has 182 valence electrons. The molecule has 0 saturated carbocycles. The predicted octanol–water partition coefficient (Wildman–Crippen LogP) is 4.07. The fourth-order valence-electron chi connectivity index (χ4n) is 3.30. The molecule has 1 heterocycles. The topological polar surface area (TPSA) is 68.1 Å². The number of ether oxygens (including phenoxy) is 2. The molecule has 7 nitrogen and oxygen atoms in total. The van der Waals surface area contributed by atoms with Crippen LogP contribution in [-0.2, 0) is 13.6 Å². The summed E-state index contributed by atoms with van der Waals surface area (Å²) in [5.74, 6) is 0.913. The number of methoxy groups -OCH3 is 2. The van der Waals surface area contributed by atoms with Gasteiger partial charge in [-0.25, -0.2) is 0 Å². The summed E-state index contributed by atoms with van der Waals surface area (Å²) in [6, 6.07) is 5.12. The van der Waals surface area contributed by atoms with Gasteiger partial charge in [0.05, 0.1) is 20.8 Å². The molecule has 3 rings (SSSR count). The minimum atomic E-state index is -0.193. The Balaban J connectivity index is 0.00000199. The number of nitrogens with one attached hydrogen (secondary N) is 1. The Morgan fingerprint density at radius 1 is 1.18 bits per heavy atom. The molecular formula is C26H34N4O3S. The van der Waals surface area contributed by atoms with Crippen LogP contribution in [0.2, 0.25) is 0 Å². The van der Waals surface area contributed by atoms with E-state index >= 15 is 0 Å². The normalized spacial score (nSPS) is 13.4. The highest BCUT2D eigenvalue weighted by molar-refractivity contribution is 7.09. The largest absolute Gasteiger partial charge is 0.493 e. The zero-order chi connectivity index (χ0) is 25.1. The summed E-state index contributed by atoms with van der Waals surface area (Å²) in [4.78, 5) is 22.0. The second-order valence-corrected chi connectivity index (χ2v) is 8.84. The van der Waals surface area contributed by atoms with Gasteiger partial charge in [-0.3, -0.25) is 9.79 Å². The van der Waals surface area contributed by atoms with Crippen molar-refractivity contribution in [2.45, 2.75) is 13.0 Å². The smallest absolute Gasteiger partial charge is 0.255 e. The molecule has 0 fully saturated rings. The summed E-state index contributed by atoms with van der Waals surface area (Å²) in [7, 11) is 9.26. The summed E-state index contributed by atoms with van der Waals surface area (Å²) in [5, 5.41) is 3.01. The molecule has 1 aromatic carbocycles. The van der Waals surface area contributed by atoms with Gasteiger partial charge in [-0.15, -0.1) is 24.5 Å². The molecule has 0 saturated heterocycles. The Kier molecular flexibility index (Phi) is 10.6. The first-order chi connectivity index (χ1) is 16.4. The molecule has 8 heteroatoms. The van der Waals surface area contributed by atoms with Gasteiger partial charge in [-0.05, 0) is 43.9 Å². The van der Waals surface area contributed by atoms with Gasteiger partial charge in [-0.2, -0.15) is 0 Å². The third kappa shape index (κ3) is 7.60. The molecule has 1 aliphatic carbocycles. The zero-order valence-corrected chi connectivity index (χ0v) is 21.4. The maximum absolute atomic E-state index is 12.8. The fraction of sp³-hybridized carbons (Fsp3) is 0.308. The molecule has 1 amide bonds. The number of amides is 1. The highest BCUT2D eigenvalue weighted by Gasteiger charge is 2.13. The van der Waals surface area contributed by atoms with Crippen LogP contribution in [0.25, 0.3) is 0 Å². The molecule has 2 aromatic rings. The van der Waals surface area contributed by atoms with Crippen molar-refractivity contribution in [3.8, 4) is 11.5 Å². The van der Waals surface area contributed by atoms with Crippen LogP contribution >= 0.6 is 11.3 Å². The Labute approximate surface area is 206 Å². The number of benzene rings is 1. The van der Waals surface area contributed by atoms with E-state index < -0.39 is 0 Å². The van der Waals surface area contributed by atoms with E-state index in [0.29, 0.717) is 30.0 Å². The molecule has 0 bridgehead atoms. The van der Waals surface area contributed by atoms with E-state index in [9.17, 15) is 4.79 Å². The lowest BCUT2D eigenvalue weighted by atomic mass is 10.1. The number of rotatable bonds is 8. The van der Waals surface area contributed by atoms with Crippen molar-refractivity contribution in [3.63, 3.8) is 0 Å². The summed E-state index contributed by atoms with van der Waals surface area (Å²) >= 11 is 1.70. The number of hydrogen-bond donors (Lipinski definition) is 1. The molecule has 34 heavy (non-hydrogen) atoms. The van der Waals surface area contributed by atoms with E-state index in [1.54, 1.807) is 43.8 Å². The van der Waals surface area contributed by atoms with Crippen LogP contribution in [-0.4, -0.2) is 50.2 Å². The molecule has 0 atom stereocenters. The van der Waals surface area contributed by atoms with Crippen molar-refractivity contribution in [2.24, 2.45) is 12.0 Å². The van der Waals surface area contributed by atoms with Crippen LogP contribution in [0, 0.1) is 0 Å². The second-order valence-electron chi connectivity index (χ2n) is 7.75. The van der Waals surface area contributed by atoms with Crippen molar-refractivity contribution >= 4 is 17.2 Å². The Hall–Kier alpha value is -3.36. The molecule has 0 unspecified atom stereocenters. The highest BCUT2D eigenvalue weighted by Crippen LogP contribution is 2.27. The van der Waals surface area contributed by atoms with Gasteiger partial charge in [0, 0.05) is 42.3 Å². The minimum absolute atomic E-state index is 0.193. The van der Waals surface area contributed by atoms with E-state index in [0.717, 1.165) is 22.6 Å². The second kappa shape index (κ2) is 13.4. The van der Waals surface area contributed by atoms with Crippen LogP contribution in [0.5, 0.6) is 11.5 Å². The Bertz CT molecular complexity index is 1140. The van der Waals surface area contributed by atoms with Crippen molar-refractivity contribution in [1.29, 1.82) is 0 Å². The number of thiazole rings is 1. The van der Waals surface area contributed by atoms with Gasteiger partial charge in [0.1, 0.15) is 0 Å². The number of nitrogens with zero attached hydrogens (tertiary/aromatic N) is 3. The minimum Gasteiger partial charge on any atom is -0.493 e. The summed E-state index contributed by atoms with van der Waals surface area (Å²) in [6.45, 7) is 7.47. The number of carbonyl (C=O) groups is 1. The standard InChI is InChI=1S/C24H30N4O3S.C2H4/c1-27(2)15-20-16-28(3)24(32-20)25-14-17-8-6-7-9-19(12-17)26-23(29)18-10-11-21(30-4)22(13-18)31-5;1-2/h6-11,13,16H,12,14-15H2,1-5H3,(H,26,29);1-2H2. The van der Waals surface area contributed by atoms with Gasteiger partial charge in [0.2, 0.25) is 0 Å². The van der Waals surface area contributed by atoms with Crippen molar-refractivity contribution < 1.29 is 14.3 Å². The molecule has 0 aliphatic heterocycles. The number of aryl methyl sites for hydroxylation is 1. The molecule has 0 spiro atoms. The van der Waals surface area contributed by atoms with Gasteiger partial charge in [0.15, 0.2) is 16.3 Å². The van der Waals surface area contributed by atoms with Gasteiger partial charge in [0.25, 0.3) is 5.91 Å². The lowest BCUT2D eigenvalue weighted by Crippen LogP contribution is -2.23. The summed E-state index contributed by atoms with van der Waals surface area (Å²) in [5.41, 5.74) is 2.45. The number of aromatic nitrogens is 1. The van der Waals surface area contributed by atoms with Crippen LogP contribution in [0.15, 0.2) is 78.1 Å². The number of carbonyl (C=O) groups excluding carboxylic acids is 1. The fourth-order valence-corrected chi connectivity index (χ4v) is 4.39. The molecule has 0 radical (unpaired) electrons. The Morgan fingerprint density at radius 3 is 2.56 bits per heavy atom. The maximum Gasteiger partial charge on any atom is 0.255 e. The van der Waals surface area contributed by atoms with Crippen molar-refractivity contribution in [3.05, 3.63) is 88.4 Å². The van der Waals surface area contributed by atoms with Crippen LogP contribution in [0.1, 0.15) is 21.7 Å². The van der Waals surface area contributed by atoms with Crippen LogP contribution < -0.4 is 19.6 Å². The van der Waals surface area contributed by atoms with Crippen LogP contribution in [0.4, 0.5) is 0 Å². The first-order valence-electron chi connectivity index (χ1n) is 10.8. The molecule has 1 N–H and O–H groups in total. The third-order valence-corrected chi connectivity index (χ3v) is 5.93. The van der Waals surface area contributed by atoms with E-state index in [-0.39, 0.29) is 5.91 Å².